The highest BCUT2D eigenvalue weighted by atomic mass is 16.2. The van der Waals surface area contributed by atoms with Crippen molar-refractivity contribution in [3.63, 3.8) is 0 Å². The maximum atomic E-state index is 12.9. The van der Waals surface area contributed by atoms with Crippen molar-refractivity contribution in [2.45, 2.75) is 31.7 Å². The predicted molar refractivity (Wildman–Crippen MR) is 105 cm³/mol. The van der Waals surface area contributed by atoms with Crippen molar-refractivity contribution in [1.29, 1.82) is 0 Å². The number of nitrogens with one attached hydrogen (secondary N) is 1. The molecule has 2 amide bonds. The van der Waals surface area contributed by atoms with Crippen molar-refractivity contribution >= 4 is 28.9 Å². The summed E-state index contributed by atoms with van der Waals surface area (Å²) in [6, 6.07) is 16.7. The Balaban J connectivity index is 1.36. The third-order valence-corrected chi connectivity index (χ3v) is 5.86. The van der Waals surface area contributed by atoms with Gasteiger partial charge >= 0.3 is 0 Å². The Bertz CT molecular complexity index is 906. The van der Waals surface area contributed by atoms with Crippen LogP contribution in [0.5, 0.6) is 0 Å². The summed E-state index contributed by atoms with van der Waals surface area (Å²) < 4.78 is 0. The van der Waals surface area contributed by atoms with Gasteiger partial charge in [-0.15, -0.1) is 0 Å². The van der Waals surface area contributed by atoms with Crippen LogP contribution in [0.3, 0.4) is 0 Å². The Morgan fingerprint density at radius 1 is 1.00 bits per heavy atom. The fraction of sp³-hybridized carbons (Fsp3) is 0.364. The molecule has 1 unspecified atom stereocenters. The Labute approximate surface area is 159 Å². The molecule has 5 heteroatoms. The second-order valence-corrected chi connectivity index (χ2v) is 7.72. The molecule has 1 aliphatic carbocycles. The van der Waals surface area contributed by atoms with Gasteiger partial charge in [0.15, 0.2) is 0 Å². The maximum Gasteiger partial charge on any atom is 0.229 e. The van der Waals surface area contributed by atoms with Crippen LogP contribution in [0.4, 0.5) is 17.1 Å². The Morgan fingerprint density at radius 2 is 1.74 bits per heavy atom. The first kappa shape index (κ1) is 16.4. The number of carbonyl (C=O) groups is 2. The van der Waals surface area contributed by atoms with Crippen LogP contribution in [0.2, 0.25) is 0 Å². The topological polar surface area (TPSA) is 52.7 Å². The Morgan fingerprint density at radius 3 is 2.56 bits per heavy atom. The Kier molecular flexibility index (Phi) is 3.88. The number of benzene rings is 2. The van der Waals surface area contributed by atoms with E-state index in [9.17, 15) is 9.59 Å². The first-order chi connectivity index (χ1) is 13.2. The van der Waals surface area contributed by atoms with Crippen molar-refractivity contribution < 1.29 is 9.59 Å². The standard InChI is InChI=1S/C22H23N3O2/c26-21-13-16(14-25(21)17-9-10-17)22(27)23-18-6-2-4-8-20(18)24-12-11-15-5-1-3-7-19(15)24/h1-8,16-17H,9-14H2,(H,23,27). The molecule has 0 bridgehead atoms. The van der Waals surface area contributed by atoms with E-state index in [2.05, 4.69) is 34.5 Å². The molecule has 138 valence electrons. The van der Waals surface area contributed by atoms with Crippen LogP contribution < -0.4 is 10.2 Å². The molecule has 1 atom stereocenters. The summed E-state index contributed by atoms with van der Waals surface area (Å²) in [7, 11) is 0. The first-order valence-corrected chi connectivity index (χ1v) is 9.75. The molecule has 5 nitrogen and oxygen atoms in total. The van der Waals surface area contributed by atoms with Gasteiger partial charge in [0, 0.05) is 31.2 Å². The summed E-state index contributed by atoms with van der Waals surface area (Å²) in [4.78, 5) is 29.2. The molecule has 2 aromatic carbocycles. The molecule has 2 heterocycles. The zero-order valence-electron chi connectivity index (χ0n) is 15.2. The van der Waals surface area contributed by atoms with E-state index < -0.39 is 0 Å². The number of hydrogen-bond acceptors (Lipinski definition) is 3. The number of amides is 2. The summed E-state index contributed by atoms with van der Waals surface area (Å²) in [5, 5.41) is 3.10. The normalized spacial score (nSPS) is 21.5. The van der Waals surface area contributed by atoms with Gasteiger partial charge in [-0.3, -0.25) is 9.59 Å². The quantitative estimate of drug-likeness (QED) is 0.909. The van der Waals surface area contributed by atoms with E-state index >= 15 is 0 Å². The van der Waals surface area contributed by atoms with Crippen LogP contribution in [-0.2, 0) is 16.0 Å². The average molecular weight is 361 g/mol. The lowest BCUT2D eigenvalue weighted by atomic mass is 10.1. The van der Waals surface area contributed by atoms with Gasteiger partial charge in [0.05, 0.1) is 17.3 Å². The molecule has 3 aliphatic rings. The number of anilines is 3. The number of para-hydroxylation sites is 3. The number of likely N-dealkylation sites (tertiary alicyclic amines) is 1. The zero-order chi connectivity index (χ0) is 18.4. The lowest BCUT2D eigenvalue weighted by molar-refractivity contribution is -0.128. The van der Waals surface area contributed by atoms with E-state index in [4.69, 9.17) is 0 Å². The molecule has 2 aliphatic heterocycles. The van der Waals surface area contributed by atoms with Crippen molar-refractivity contribution in [3.8, 4) is 0 Å². The van der Waals surface area contributed by atoms with E-state index in [1.807, 2.05) is 29.2 Å². The fourth-order valence-corrected chi connectivity index (χ4v) is 4.28. The first-order valence-electron chi connectivity index (χ1n) is 9.75. The van der Waals surface area contributed by atoms with Crippen LogP contribution in [0, 0.1) is 5.92 Å². The van der Waals surface area contributed by atoms with Crippen molar-refractivity contribution in [2.75, 3.05) is 23.3 Å². The van der Waals surface area contributed by atoms with Gasteiger partial charge in [-0.25, -0.2) is 0 Å². The SMILES string of the molecule is O=C(Nc1ccccc1N1CCc2ccccc21)C1CC(=O)N(C2CC2)C1. The van der Waals surface area contributed by atoms with Crippen molar-refractivity contribution in [2.24, 2.45) is 5.92 Å². The Hall–Kier alpha value is -2.82. The van der Waals surface area contributed by atoms with E-state index in [-0.39, 0.29) is 17.7 Å². The van der Waals surface area contributed by atoms with Crippen LogP contribution in [0.15, 0.2) is 48.5 Å². The van der Waals surface area contributed by atoms with Crippen LogP contribution >= 0.6 is 0 Å². The third kappa shape index (κ3) is 2.97. The van der Waals surface area contributed by atoms with Gasteiger partial charge < -0.3 is 15.1 Å². The second kappa shape index (κ2) is 6.41. The van der Waals surface area contributed by atoms with E-state index in [0.717, 1.165) is 37.2 Å². The van der Waals surface area contributed by atoms with Gasteiger partial charge in [-0.1, -0.05) is 30.3 Å². The van der Waals surface area contributed by atoms with Gasteiger partial charge in [0.2, 0.25) is 11.8 Å². The molecular weight excluding hydrogens is 338 g/mol. The molecule has 1 N–H and O–H groups in total. The molecule has 5 rings (SSSR count). The molecular formula is C22H23N3O2. The van der Waals surface area contributed by atoms with Crippen LogP contribution in [0.25, 0.3) is 0 Å². The smallest absolute Gasteiger partial charge is 0.229 e. The van der Waals surface area contributed by atoms with Crippen molar-refractivity contribution in [3.05, 3.63) is 54.1 Å². The summed E-state index contributed by atoms with van der Waals surface area (Å²) in [6.45, 7) is 1.47. The largest absolute Gasteiger partial charge is 0.339 e. The summed E-state index contributed by atoms with van der Waals surface area (Å²) in [5.41, 5.74) is 4.37. The number of rotatable bonds is 4. The molecule has 2 fully saturated rings. The molecule has 1 saturated heterocycles. The fourth-order valence-electron chi connectivity index (χ4n) is 4.28. The van der Waals surface area contributed by atoms with Crippen LogP contribution in [0.1, 0.15) is 24.8 Å². The van der Waals surface area contributed by atoms with Gasteiger partial charge in [0.1, 0.15) is 0 Å². The third-order valence-electron chi connectivity index (χ3n) is 5.86. The summed E-state index contributed by atoms with van der Waals surface area (Å²) in [5.74, 6) is -0.178. The minimum absolute atomic E-state index is 0.0496. The highest BCUT2D eigenvalue weighted by molar-refractivity contribution is 6.00. The molecule has 1 saturated carbocycles. The summed E-state index contributed by atoms with van der Waals surface area (Å²) in [6.07, 6.45) is 3.50. The van der Waals surface area contributed by atoms with E-state index in [1.54, 1.807) is 0 Å². The van der Waals surface area contributed by atoms with Crippen LogP contribution in [-0.4, -0.2) is 35.8 Å². The summed E-state index contributed by atoms with van der Waals surface area (Å²) >= 11 is 0. The minimum atomic E-state index is -0.253. The highest BCUT2D eigenvalue weighted by Crippen LogP contribution is 2.39. The monoisotopic (exact) mass is 361 g/mol. The minimum Gasteiger partial charge on any atom is -0.339 e. The molecule has 0 radical (unpaired) electrons. The lowest BCUT2D eigenvalue weighted by Gasteiger charge is -2.23. The zero-order valence-corrected chi connectivity index (χ0v) is 15.2. The number of fused-ring (bicyclic) bond motifs is 1. The van der Waals surface area contributed by atoms with Gasteiger partial charge in [-0.2, -0.15) is 0 Å². The van der Waals surface area contributed by atoms with Crippen molar-refractivity contribution in [1.82, 2.24) is 4.90 Å². The van der Waals surface area contributed by atoms with Gasteiger partial charge in [0.25, 0.3) is 0 Å². The molecule has 27 heavy (non-hydrogen) atoms. The number of nitrogens with zero attached hydrogens (tertiary/aromatic N) is 2. The highest BCUT2D eigenvalue weighted by Gasteiger charge is 2.41. The second-order valence-electron chi connectivity index (χ2n) is 7.72. The maximum absolute atomic E-state index is 12.9. The molecule has 0 aromatic heterocycles. The predicted octanol–water partition coefficient (Wildman–Crippen LogP) is 3.33. The number of hydrogen-bond donors (Lipinski definition) is 1. The average Bonchev–Trinajstić information content (AvgIpc) is 3.32. The number of carbonyl (C=O) groups excluding carboxylic acids is 2. The molecule has 0 spiro atoms. The van der Waals surface area contributed by atoms with E-state index in [0.29, 0.717) is 19.0 Å². The van der Waals surface area contributed by atoms with E-state index in [1.165, 1.54) is 11.3 Å². The van der Waals surface area contributed by atoms with Gasteiger partial charge in [-0.05, 0) is 43.0 Å². The molecule has 2 aromatic rings. The lowest BCUT2D eigenvalue weighted by Crippen LogP contribution is -2.30.